The predicted octanol–water partition coefficient (Wildman–Crippen LogP) is 2.77. The van der Waals surface area contributed by atoms with Crippen LogP contribution in [-0.2, 0) is 13.1 Å². The van der Waals surface area contributed by atoms with E-state index < -0.39 is 0 Å². The summed E-state index contributed by atoms with van der Waals surface area (Å²) in [7, 11) is 0. The van der Waals surface area contributed by atoms with Crippen molar-refractivity contribution in [1.29, 1.82) is 0 Å². The van der Waals surface area contributed by atoms with Gasteiger partial charge in [-0.3, -0.25) is 19.5 Å². The normalized spacial score (nSPS) is 29.3. The summed E-state index contributed by atoms with van der Waals surface area (Å²) in [6, 6.07) is 7.62. The molecule has 6 heterocycles. The first kappa shape index (κ1) is 19.2. The predicted molar refractivity (Wildman–Crippen MR) is 113 cm³/mol. The summed E-state index contributed by atoms with van der Waals surface area (Å²) in [5, 5.41) is 0. The minimum atomic E-state index is -0.320. The lowest BCUT2D eigenvalue weighted by Crippen LogP contribution is -2.48. The largest absolute Gasteiger partial charge is 0.333 e. The summed E-state index contributed by atoms with van der Waals surface area (Å²) in [4.78, 5) is 35.1. The third-order valence-corrected chi connectivity index (χ3v) is 7.77. The van der Waals surface area contributed by atoms with Gasteiger partial charge in [0.25, 0.3) is 11.5 Å². The molecule has 162 valence electrons. The summed E-state index contributed by atoms with van der Waals surface area (Å²) in [5.41, 5.74) is 2.13. The van der Waals surface area contributed by atoms with E-state index in [2.05, 4.69) is 9.88 Å². The Morgan fingerprint density at radius 3 is 2.52 bits per heavy atom. The fourth-order valence-corrected chi connectivity index (χ4v) is 6.45. The van der Waals surface area contributed by atoms with Crippen LogP contribution in [0.1, 0.15) is 59.8 Å². The van der Waals surface area contributed by atoms with Crippen molar-refractivity contribution >= 4 is 5.91 Å². The van der Waals surface area contributed by atoms with Crippen molar-refractivity contribution in [3.05, 3.63) is 63.6 Å². The first-order valence-corrected chi connectivity index (χ1v) is 11.5. The van der Waals surface area contributed by atoms with Crippen LogP contribution < -0.4 is 5.56 Å². The molecule has 3 fully saturated rings. The van der Waals surface area contributed by atoms with E-state index >= 15 is 0 Å². The van der Waals surface area contributed by atoms with Crippen LogP contribution in [0.4, 0.5) is 4.39 Å². The average molecular weight is 423 g/mol. The zero-order valence-corrected chi connectivity index (χ0v) is 17.5. The number of pyridine rings is 2. The molecule has 31 heavy (non-hydrogen) atoms. The number of amides is 1. The standard InChI is InChI=1S/C24H27FN4O2/c25-17-1-2-18(26-10-17)14-27-11-15-9-16(13-27)22-8-7-21(23(30)28(22)12-15)24(31)29-19-3-4-20(29)6-5-19/h1-2,7-8,10,15-16,19-20H,3-6,9,11-14H2/t15-,16+,19?,20?/m0/s1. The number of likely N-dealkylation sites (tertiary alicyclic amines) is 1. The number of carbonyl (C=O) groups excluding carboxylic acids is 1. The zero-order valence-electron chi connectivity index (χ0n) is 17.5. The quantitative estimate of drug-likeness (QED) is 0.763. The van der Waals surface area contributed by atoms with Gasteiger partial charge < -0.3 is 9.47 Å². The number of hydrogen-bond acceptors (Lipinski definition) is 4. The molecule has 4 aliphatic heterocycles. The van der Waals surface area contributed by atoms with Crippen molar-refractivity contribution in [3.63, 3.8) is 0 Å². The number of nitrogens with zero attached hydrogens (tertiary/aromatic N) is 4. The number of carbonyl (C=O) groups is 1. The van der Waals surface area contributed by atoms with E-state index in [4.69, 9.17) is 0 Å². The number of piperidine rings is 1. The molecular weight excluding hydrogens is 395 g/mol. The Bertz CT molecular complexity index is 1060. The third-order valence-electron chi connectivity index (χ3n) is 7.77. The molecule has 3 saturated heterocycles. The van der Waals surface area contributed by atoms with Crippen LogP contribution in [0.15, 0.2) is 35.3 Å². The van der Waals surface area contributed by atoms with Gasteiger partial charge in [0.15, 0.2) is 0 Å². The fraction of sp³-hybridized carbons (Fsp3) is 0.542. The highest BCUT2D eigenvalue weighted by Gasteiger charge is 2.43. The maximum absolute atomic E-state index is 13.3. The van der Waals surface area contributed by atoms with Gasteiger partial charge in [0.2, 0.25) is 0 Å². The van der Waals surface area contributed by atoms with E-state index in [1.165, 1.54) is 12.3 Å². The summed E-state index contributed by atoms with van der Waals surface area (Å²) in [6.45, 7) is 3.08. The van der Waals surface area contributed by atoms with Gasteiger partial charge in [-0.1, -0.05) is 0 Å². The van der Waals surface area contributed by atoms with Crippen LogP contribution in [-0.4, -0.2) is 50.4 Å². The van der Waals surface area contributed by atoms with Crippen LogP contribution in [0.5, 0.6) is 0 Å². The summed E-state index contributed by atoms with van der Waals surface area (Å²) in [5.74, 6) is 0.260. The third kappa shape index (κ3) is 3.21. The highest BCUT2D eigenvalue weighted by molar-refractivity contribution is 5.94. The highest BCUT2D eigenvalue weighted by Crippen LogP contribution is 2.39. The molecule has 4 bridgehead atoms. The van der Waals surface area contributed by atoms with Crippen LogP contribution in [0.25, 0.3) is 0 Å². The van der Waals surface area contributed by atoms with Crippen molar-refractivity contribution in [3.8, 4) is 0 Å². The Balaban J connectivity index is 1.24. The number of halogens is 1. The summed E-state index contributed by atoms with van der Waals surface area (Å²) < 4.78 is 15.0. The number of rotatable bonds is 3. The van der Waals surface area contributed by atoms with Crippen molar-refractivity contribution in [2.75, 3.05) is 13.1 Å². The summed E-state index contributed by atoms with van der Waals surface area (Å²) >= 11 is 0. The Hall–Kier alpha value is -2.54. The molecule has 0 aromatic carbocycles. The topological polar surface area (TPSA) is 58.4 Å². The lowest BCUT2D eigenvalue weighted by atomic mass is 9.83. The SMILES string of the molecule is O=C(c1ccc2n(c1=O)C[C@H]1C[C@@H]2CN(Cc2ccc(F)cn2)C1)N1C2CCC1CC2. The lowest BCUT2D eigenvalue weighted by molar-refractivity contribution is 0.0724. The Kier molecular flexibility index (Phi) is 4.49. The van der Waals surface area contributed by atoms with Crippen molar-refractivity contribution in [2.24, 2.45) is 5.92 Å². The van der Waals surface area contributed by atoms with Crippen molar-refractivity contribution in [2.45, 2.75) is 63.2 Å². The van der Waals surface area contributed by atoms with Crippen LogP contribution >= 0.6 is 0 Å². The fourth-order valence-electron chi connectivity index (χ4n) is 6.45. The van der Waals surface area contributed by atoms with Gasteiger partial charge in [0.1, 0.15) is 11.4 Å². The van der Waals surface area contributed by atoms with Gasteiger partial charge in [0, 0.05) is 49.9 Å². The van der Waals surface area contributed by atoms with E-state index in [0.717, 1.165) is 56.6 Å². The molecule has 0 radical (unpaired) electrons. The molecular formula is C24H27FN4O2. The van der Waals surface area contributed by atoms with Gasteiger partial charge in [-0.15, -0.1) is 0 Å². The Morgan fingerprint density at radius 1 is 1.03 bits per heavy atom. The minimum Gasteiger partial charge on any atom is -0.333 e. The highest BCUT2D eigenvalue weighted by atomic mass is 19.1. The zero-order chi connectivity index (χ0) is 21.1. The molecule has 2 aromatic heterocycles. The van der Waals surface area contributed by atoms with Crippen LogP contribution in [0, 0.1) is 11.7 Å². The molecule has 0 N–H and O–H groups in total. The Morgan fingerprint density at radius 2 is 1.81 bits per heavy atom. The van der Waals surface area contributed by atoms with E-state index in [-0.39, 0.29) is 23.2 Å². The van der Waals surface area contributed by atoms with Gasteiger partial charge in [0.05, 0.1) is 11.9 Å². The molecule has 0 spiro atoms. The Labute approximate surface area is 180 Å². The van der Waals surface area contributed by atoms with E-state index in [1.54, 1.807) is 12.1 Å². The minimum absolute atomic E-state index is 0.0648. The lowest BCUT2D eigenvalue weighted by Gasteiger charge is -2.42. The van der Waals surface area contributed by atoms with E-state index in [0.29, 0.717) is 36.7 Å². The van der Waals surface area contributed by atoms with E-state index in [9.17, 15) is 14.0 Å². The number of hydrogen-bond donors (Lipinski definition) is 0. The number of aromatic nitrogens is 2. The van der Waals surface area contributed by atoms with Crippen molar-refractivity contribution < 1.29 is 9.18 Å². The monoisotopic (exact) mass is 422 g/mol. The average Bonchev–Trinajstić information content (AvgIpc) is 3.36. The molecule has 7 heteroatoms. The first-order chi connectivity index (χ1) is 15.1. The first-order valence-electron chi connectivity index (χ1n) is 11.5. The smallest absolute Gasteiger partial charge is 0.263 e. The maximum Gasteiger partial charge on any atom is 0.263 e. The molecule has 2 atom stereocenters. The second-order valence-corrected chi connectivity index (χ2v) is 9.72. The molecule has 0 aliphatic carbocycles. The second-order valence-electron chi connectivity index (χ2n) is 9.72. The molecule has 2 aromatic rings. The van der Waals surface area contributed by atoms with Gasteiger partial charge in [-0.05, 0) is 62.3 Å². The maximum atomic E-state index is 13.3. The molecule has 6 rings (SSSR count). The van der Waals surface area contributed by atoms with Crippen molar-refractivity contribution in [1.82, 2.24) is 19.4 Å². The molecule has 0 saturated carbocycles. The molecule has 0 unspecified atom stereocenters. The van der Waals surface area contributed by atoms with Gasteiger partial charge in [-0.25, -0.2) is 4.39 Å². The molecule has 1 amide bonds. The second kappa shape index (κ2) is 7.26. The number of fused-ring (bicyclic) bond motifs is 6. The summed E-state index contributed by atoms with van der Waals surface area (Å²) in [6.07, 6.45) is 6.63. The van der Waals surface area contributed by atoms with E-state index in [1.807, 2.05) is 15.5 Å². The van der Waals surface area contributed by atoms with Gasteiger partial charge in [-0.2, -0.15) is 0 Å². The van der Waals surface area contributed by atoms with Gasteiger partial charge >= 0.3 is 0 Å². The molecule has 4 aliphatic rings. The van der Waals surface area contributed by atoms with Crippen LogP contribution in [0.2, 0.25) is 0 Å². The molecule has 6 nitrogen and oxygen atoms in total. The van der Waals surface area contributed by atoms with Crippen LogP contribution in [0.3, 0.4) is 0 Å².